The molecular formula is C14H13F6NO. The molecule has 1 aromatic rings. The first-order valence-electron chi connectivity index (χ1n) is 6.62. The molecule has 0 radical (unpaired) electrons. The van der Waals surface area contributed by atoms with E-state index in [1.165, 1.54) is 0 Å². The van der Waals surface area contributed by atoms with Crippen LogP contribution >= 0.6 is 0 Å². The zero-order valence-electron chi connectivity index (χ0n) is 11.3. The van der Waals surface area contributed by atoms with Gasteiger partial charge in [0.15, 0.2) is 0 Å². The summed E-state index contributed by atoms with van der Waals surface area (Å²) >= 11 is 0. The second kappa shape index (κ2) is 5.81. The number of hydrogen-bond donors (Lipinski definition) is 0. The topological polar surface area (TPSA) is 20.3 Å². The largest absolute Gasteiger partial charge is 0.416 e. The molecule has 0 N–H and O–H groups in total. The summed E-state index contributed by atoms with van der Waals surface area (Å²) in [5.74, 6) is -2.26. The van der Waals surface area contributed by atoms with E-state index in [-0.39, 0.29) is 24.9 Å². The lowest BCUT2D eigenvalue weighted by molar-refractivity contribution is -0.184. The highest BCUT2D eigenvalue weighted by Crippen LogP contribution is 2.34. The van der Waals surface area contributed by atoms with Crippen LogP contribution in [0.25, 0.3) is 0 Å². The van der Waals surface area contributed by atoms with Gasteiger partial charge in [0, 0.05) is 18.7 Å². The van der Waals surface area contributed by atoms with Crippen molar-refractivity contribution in [3.63, 3.8) is 0 Å². The van der Waals surface area contributed by atoms with Crippen LogP contribution in [-0.4, -0.2) is 30.1 Å². The van der Waals surface area contributed by atoms with Crippen LogP contribution in [0.2, 0.25) is 0 Å². The van der Waals surface area contributed by atoms with E-state index in [2.05, 4.69) is 0 Å². The van der Waals surface area contributed by atoms with Gasteiger partial charge in [0.25, 0.3) is 5.91 Å². The van der Waals surface area contributed by atoms with E-state index >= 15 is 0 Å². The Labute approximate surface area is 122 Å². The van der Waals surface area contributed by atoms with Crippen molar-refractivity contribution in [1.82, 2.24) is 4.90 Å². The molecule has 0 spiro atoms. The van der Waals surface area contributed by atoms with Crippen LogP contribution in [0.4, 0.5) is 26.3 Å². The molecule has 122 valence electrons. The van der Waals surface area contributed by atoms with Gasteiger partial charge in [-0.2, -0.15) is 26.3 Å². The van der Waals surface area contributed by atoms with Gasteiger partial charge in [0.2, 0.25) is 0 Å². The quantitative estimate of drug-likeness (QED) is 0.711. The van der Waals surface area contributed by atoms with Crippen LogP contribution in [0, 0.1) is 5.92 Å². The van der Waals surface area contributed by atoms with Gasteiger partial charge in [-0.25, -0.2) is 0 Å². The smallest absolute Gasteiger partial charge is 0.338 e. The molecule has 1 amide bonds. The molecule has 1 aliphatic heterocycles. The Morgan fingerprint density at radius 1 is 1.05 bits per heavy atom. The molecule has 1 fully saturated rings. The zero-order valence-corrected chi connectivity index (χ0v) is 11.3. The summed E-state index contributed by atoms with van der Waals surface area (Å²) in [6.07, 6.45) is -8.72. The van der Waals surface area contributed by atoms with Crippen molar-refractivity contribution in [3.05, 3.63) is 35.4 Å². The average Bonchev–Trinajstić information content (AvgIpc) is 2.45. The van der Waals surface area contributed by atoms with Crippen molar-refractivity contribution in [2.45, 2.75) is 25.2 Å². The van der Waals surface area contributed by atoms with Gasteiger partial charge in [-0.3, -0.25) is 4.79 Å². The van der Waals surface area contributed by atoms with Crippen molar-refractivity contribution in [1.29, 1.82) is 0 Å². The lowest BCUT2D eigenvalue weighted by atomic mass is 9.97. The summed E-state index contributed by atoms with van der Waals surface area (Å²) in [5.41, 5.74) is -0.952. The Bertz CT molecular complexity index is 534. The zero-order chi connectivity index (χ0) is 16.5. The van der Waals surface area contributed by atoms with Crippen molar-refractivity contribution in [2.75, 3.05) is 13.1 Å². The summed E-state index contributed by atoms with van der Waals surface area (Å²) in [7, 11) is 0. The summed E-state index contributed by atoms with van der Waals surface area (Å²) in [5, 5.41) is 0. The first-order valence-corrected chi connectivity index (χ1v) is 6.62. The Morgan fingerprint density at radius 2 is 1.64 bits per heavy atom. The minimum atomic E-state index is -4.52. The van der Waals surface area contributed by atoms with Gasteiger partial charge in [-0.05, 0) is 37.1 Å². The first-order chi connectivity index (χ1) is 10.1. The standard InChI is InChI=1S/C14H13F6NO/c15-13(16,17)10-5-3-9(4-6-10)12(22)21-7-1-2-11(8-21)14(18,19)20/h3-6,11H,1-2,7-8H2. The van der Waals surface area contributed by atoms with Crippen molar-refractivity contribution >= 4 is 5.91 Å². The molecule has 2 rings (SSSR count). The number of benzene rings is 1. The summed E-state index contributed by atoms with van der Waals surface area (Å²) in [6, 6.07) is 3.47. The number of nitrogens with zero attached hydrogens (tertiary/aromatic N) is 1. The van der Waals surface area contributed by atoms with Crippen LogP contribution in [0.3, 0.4) is 0 Å². The lowest BCUT2D eigenvalue weighted by Gasteiger charge is -2.33. The van der Waals surface area contributed by atoms with E-state index in [4.69, 9.17) is 0 Å². The number of likely N-dealkylation sites (tertiary alicyclic amines) is 1. The normalized spacial score (nSPS) is 20.1. The number of carbonyl (C=O) groups excluding carboxylic acids is 1. The van der Waals surface area contributed by atoms with Crippen LogP contribution in [0.1, 0.15) is 28.8 Å². The maximum atomic E-state index is 12.7. The highest BCUT2D eigenvalue weighted by atomic mass is 19.4. The van der Waals surface area contributed by atoms with Crippen LogP contribution in [-0.2, 0) is 6.18 Å². The molecule has 0 bridgehead atoms. The van der Waals surface area contributed by atoms with E-state index < -0.39 is 36.3 Å². The Kier molecular flexibility index (Phi) is 4.39. The molecule has 1 heterocycles. The van der Waals surface area contributed by atoms with Gasteiger partial charge in [0.1, 0.15) is 0 Å². The van der Waals surface area contributed by atoms with Crippen LogP contribution in [0.5, 0.6) is 0 Å². The number of alkyl halides is 6. The number of carbonyl (C=O) groups is 1. The van der Waals surface area contributed by atoms with Crippen molar-refractivity contribution in [2.24, 2.45) is 5.92 Å². The molecule has 0 aliphatic carbocycles. The minimum absolute atomic E-state index is 0.0414. The second-order valence-electron chi connectivity index (χ2n) is 5.21. The Balaban J connectivity index is 2.11. The summed E-state index contributed by atoms with van der Waals surface area (Å²) < 4.78 is 75.4. The molecule has 0 aromatic heterocycles. The summed E-state index contributed by atoms with van der Waals surface area (Å²) in [4.78, 5) is 13.2. The molecule has 22 heavy (non-hydrogen) atoms. The molecule has 2 nitrogen and oxygen atoms in total. The maximum Gasteiger partial charge on any atom is 0.416 e. The molecule has 1 unspecified atom stereocenters. The van der Waals surface area contributed by atoms with Crippen LogP contribution < -0.4 is 0 Å². The van der Waals surface area contributed by atoms with Gasteiger partial charge >= 0.3 is 12.4 Å². The molecule has 1 atom stereocenters. The molecule has 0 saturated carbocycles. The molecule has 8 heteroatoms. The number of halogens is 6. The average molecular weight is 325 g/mol. The van der Waals surface area contributed by atoms with Crippen molar-refractivity contribution < 1.29 is 31.1 Å². The fourth-order valence-corrected chi connectivity index (χ4v) is 2.41. The molecule has 1 aliphatic rings. The molecular weight excluding hydrogens is 312 g/mol. The third-order valence-electron chi connectivity index (χ3n) is 3.63. The van der Waals surface area contributed by atoms with Gasteiger partial charge < -0.3 is 4.90 Å². The predicted octanol–water partition coefficient (Wildman–Crippen LogP) is 4.12. The molecule has 1 aromatic carbocycles. The number of rotatable bonds is 1. The fourth-order valence-electron chi connectivity index (χ4n) is 2.41. The summed E-state index contributed by atoms with van der Waals surface area (Å²) in [6.45, 7) is -0.282. The maximum absolute atomic E-state index is 12.7. The number of piperidine rings is 1. The highest BCUT2D eigenvalue weighted by Gasteiger charge is 2.42. The van der Waals surface area contributed by atoms with Gasteiger partial charge in [-0.15, -0.1) is 0 Å². The monoisotopic (exact) mass is 325 g/mol. The van der Waals surface area contributed by atoms with E-state index in [1.54, 1.807) is 0 Å². The first kappa shape index (κ1) is 16.6. The lowest BCUT2D eigenvalue weighted by Crippen LogP contribution is -2.44. The van der Waals surface area contributed by atoms with E-state index in [0.29, 0.717) is 0 Å². The van der Waals surface area contributed by atoms with E-state index in [9.17, 15) is 31.1 Å². The fraction of sp³-hybridized carbons (Fsp3) is 0.500. The van der Waals surface area contributed by atoms with Gasteiger partial charge in [-0.1, -0.05) is 0 Å². The van der Waals surface area contributed by atoms with Gasteiger partial charge in [0.05, 0.1) is 11.5 Å². The van der Waals surface area contributed by atoms with Crippen LogP contribution in [0.15, 0.2) is 24.3 Å². The van der Waals surface area contributed by atoms with E-state index in [1.807, 2.05) is 0 Å². The van der Waals surface area contributed by atoms with E-state index in [0.717, 1.165) is 29.2 Å². The second-order valence-corrected chi connectivity index (χ2v) is 5.21. The third kappa shape index (κ3) is 3.72. The van der Waals surface area contributed by atoms with Crippen molar-refractivity contribution in [3.8, 4) is 0 Å². The number of amides is 1. The Hall–Kier alpha value is -1.73. The highest BCUT2D eigenvalue weighted by molar-refractivity contribution is 5.94. The third-order valence-corrected chi connectivity index (χ3v) is 3.63. The predicted molar refractivity (Wildman–Crippen MR) is 66.1 cm³/mol. The minimum Gasteiger partial charge on any atom is -0.338 e. The Morgan fingerprint density at radius 3 is 2.14 bits per heavy atom. The molecule has 1 saturated heterocycles. The number of hydrogen-bond acceptors (Lipinski definition) is 1. The SMILES string of the molecule is O=C(c1ccc(C(F)(F)F)cc1)N1CCCC(C(F)(F)F)C1.